The number of H-pyrrole nitrogens is 1. The van der Waals surface area contributed by atoms with Gasteiger partial charge in [0, 0.05) is 5.69 Å². The minimum atomic E-state index is -1.17. The van der Waals surface area contributed by atoms with E-state index in [-0.39, 0.29) is 16.4 Å². The molecule has 98 valence electrons. The van der Waals surface area contributed by atoms with Crippen LogP contribution in [0.1, 0.15) is 55.7 Å². The molecule has 1 aliphatic carbocycles. The predicted molar refractivity (Wildman–Crippen MR) is 69.2 cm³/mol. The Morgan fingerprint density at radius 2 is 1.94 bits per heavy atom. The quantitative estimate of drug-likeness (QED) is 0.802. The summed E-state index contributed by atoms with van der Waals surface area (Å²) in [6.07, 6.45) is 1.75. The van der Waals surface area contributed by atoms with Gasteiger partial charge in [0.25, 0.3) is 5.56 Å². The highest BCUT2D eigenvalue weighted by Crippen LogP contribution is 2.44. The number of carbonyl (C=O) groups is 1. The molecule has 2 rings (SSSR count). The largest absolute Gasteiger partial charge is 0.477 e. The summed E-state index contributed by atoms with van der Waals surface area (Å²) in [6.45, 7) is 8.52. The number of aromatic nitrogens is 1. The average Bonchev–Trinajstić information content (AvgIpc) is 2.11. The number of carboxylic acid groups (broad SMARTS) is 1. The molecule has 1 aromatic heterocycles. The molecule has 18 heavy (non-hydrogen) atoms. The van der Waals surface area contributed by atoms with Gasteiger partial charge >= 0.3 is 5.97 Å². The van der Waals surface area contributed by atoms with Crippen molar-refractivity contribution in [3.63, 3.8) is 0 Å². The number of nitrogens with one attached hydrogen (secondary N) is 1. The molecule has 0 spiro atoms. The van der Waals surface area contributed by atoms with Crippen molar-refractivity contribution in [3.8, 4) is 0 Å². The molecule has 2 N–H and O–H groups in total. The van der Waals surface area contributed by atoms with Crippen molar-refractivity contribution in [1.82, 2.24) is 4.98 Å². The first-order chi connectivity index (χ1) is 8.12. The van der Waals surface area contributed by atoms with E-state index < -0.39 is 11.5 Å². The summed E-state index contributed by atoms with van der Waals surface area (Å²) < 4.78 is 0. The minimum Gasteiger partial charge on any atom is -0.477 e. The van der Waals surface area contributed by atoms with Gasteiger partial charge in [0.15, 0.2) is 0 Å². The van der Waals surface area contributed by atoms with Crippen molar-refractivity contribution in [2.45, 2.75) is 46.0 Å². The van der Waals surface area contributed by atoms with E-state index in [2.05, 4.69) is 32.7 Å². The van der Waals surface area contributed by atoms with Crippen LogP contribution in [-0.2, 0) is 11.8 Å². The first kappa shape index (κ1) is 12.9. The van der Waals surface area contributed by atoms with Gasteiger partial charge in [-0.05, 0) is 35.3 Å². The highest BCUT2D eigenvalue weighted by molar-refractivity contribution is 5.87. The van der Waals surface area contributed by atoms with Gasteiger partial charge in [-0.1, -0.05) is 27.7 Å². The maximum atomic E-state index is 11.7. The van der Waals surface area contributed by atoms with E-state index in [0.29, 0.717) is 0 Å². The first-order valence-corrected chi connectivity index (χ1v) is 6.12. The fourth-order valence-corrected chi connectivity index (χ4v) is 3.30. The second kappa shape index (κ2) is 3.70. The summed E-state index contributed by atoms with van der Waals surface area (Å²) in [5.41, 5.74) is 1.16. The summed E-state index contributed by atoms with van der Waals surface area (Å²) in [5.74, 6) is -1.17. The molecular weight excluding hydrogens is 230 g/mol. The number of hydrogen-bond acceptors (Lipinski definition) is 2. The molecule has 0 amide bonds. The third-order valence-corrected chi connectivity index (χ3v) is 3.66. The van der Waals surface area contributed by atoms with Crippen LogP contribution in [0.3, 0.4) is 0 Å². The molecule has 1 aromatic rings. The molecule has 1 aliphatic rings. The number of aromatic carboxylic acids is 1. The van der Waals surface area contributed by atoms with Crippen LogP contribution in [0.5, 0.6) is 0 Å². The molecule has 4 heteroatoms. The normalized spacial score (nSPS) is 20.2. The summed E-state index contributed by atoms with van der Waals surface area (Å²) >= 11 is 0. The highest BCUT2D eigenvalue weighted by Gasteiger charge is 2.38. The van der Waals surface area contributed by atoms with E-state index >= 15 is 0 Å². The lowest BCUT2D eigenvalue weighted by molar-refractivity contribution is 0.0694. The third-order valence-electron chi connectivity index (χ3n) is 3.66. The maximum absolute atomic E-state index is 11.7. The second-order valence-electron chi connectivity index (χ2n) is 6.61. The summed E-state index contributed by atoms with van der Waals surface area (Å²) in [6, 6.07) is 1.55. The van der Waals surface area contributed by atoms with Crippen LogP contribution in [0.2, 0.25) is 0 Å². The minimum absolute atomic E-state index is 0.115. The van der Waals surface area contributed by atoms with E-state index in [9.17, 15) is 9.59 Å². The molecule has 0 saturated carbocycles. The topological polar surface area (TPSA) is 70.2 Å². The molecule has 4 nitrogen and oxygen atoms in total. The Labute approximate surface area is 106 Å². The van der Waals surface area contributed by atoms with Gasteiger partial charge < -0.3 is 10.1 Å². The van der Waals surface area contributed by atoms with Crippen molar-refractivity contribution < 1.29 is 9.90 Å². The summed E-state index contributed by atoms with van der Waals surface area (Å²) in [4.78, 5) is 25.5. The van der Waals surface area contributed by atoms with Gasteiger partial charge in [-0.25, -0.2) is 4.79 Å². The smallest absolute Gasteiger partial charge is 0.341 e. The zero-order chi connectivity index (χ0) is 13.7. The maximum Gasteiger partial charge on any atom is 0.341 e. The zero-order valence-corrected chi connectivity index (χ0v) is 11.3. The Morgan fingerprint density at radius 3 is 2.50 bits per heavy atom. The number of hydrogen-bond donors (Lipinski definition) is 2. The standard InChI is InChI=1S/C14H19NO3/c1-13(2)6-10-9(14(3,4)7-13)5-8(12(17)18)11(16)15-10/h5H,6-7H2,1-4H3,(H,15,16)(H,17,18). The molecule has 0 aliphatic heterocycles. The van der Waals surface area contributed by atoms with Crippen LogP contribution in [0.15, 0.2) is 10.9 Å². The van der Waals surface area contributed by atoms with Crippen LogP contribution < -0.4 is 5.56 Å². The van der Waals surface area contributed by atoms with Crippen molar-refractivity contribution in [1.29, 1.82) is 0 Å². The SMILES string of the molecule is CC1(C)Cc2[nH]c(=O)c(C(=O)O)cc2C(C)(C)C1. The third kappa shape index (κ3) is 2.07. The average molecular weight is 249 g/mol. The van der Waals surface area contributed by atoms with Crippen LogP contribution in [0, 0.1) is 5.41 Å². The summed E-state index contributed by atoms with van der Waals surface area (Å²) in [5, 5.41) is 9.02. The fraction of sp³-hybridized carbons (Fsp3) is 0.571. The number of pyridine rings is 1. The van der Waals surface area contributed by atoms with Gasteiger partial charge in [-0.3, -0.25) is 4.79 Å². The van der Waals surface area contributed by atoms with Gasteiger partial charge in [-0.15, -0.1) is 0 Å². The predicted octanol–water partition coefficient (Wildman–Crippen LogP) is 2.32. The van der Waals surface area contributed by atoms with E-state index in [1.54, 1.807) is 6.07 Å². The first-order valence-electron chi connectivity index (χ1n) is 6.12. The molecular formula is C14H19NO3. The lowest BCUT2D eigenvalue weighted by atomic mass is 9.64. The molecule has 0 bridgehead atoms. The van der Waals surface area contributed by atoms with Crippen molar-refractivity contribution in [3.05, 3.63) is 33.2 Å². The molecule has 0 aromatic carbocycles. The van der Waals surface area contributed by atoms with Crippen molar-refractivity contribution in [2.24, 2.45) is 5.41 Å². The van der Waals surface area contributed by atoms with E-state index in [1.165, 1.54) is 0 Å². The lowest BCUT2D eigenvalue weighted by Crippen LogP contribution is -2.37. The molecule has 0 atom stereocenters. The van der Waals surface area contributed by atoms with Crippen molar-refractivity contribution in [2.75, 3.05) is 0 Å². The molecule has 1 heterocycles. The van der Waals surface area contributed by atoms with E-state index in [0.717, 1.165) is 24.1 Å². The highest BCUT2D eigenvalue weighted by atomic mass is 16.4. The number of aromatic amines is 1. The Bertz CT molecular complexity index is 567. The van der Waals surface area contributed by atoms with Crippen LogP contribution in [0.25, 0.3) is 0 Å². The lowest BCUT2D eigenvalue weighted by Gasteiger charge is -2.42. The fourth-order valence-electron chi connectivity index (χ4n) is 3.30. The van der Waals surface area contributed by atoms with E-state index in [4.69, 9.17) is 5.11 Å². The van der Waals surface area contributed by atoms with Gasteiger partial charge in [0.1, 0.15) is 5.56 Å². The Kier molecular flexibility index (Phi) is 2.65. The number of fused-ring (bicyclic) bond motifs is 1. The van der Waals surface area contributed by atoms with Gasteiger partial charge in [0.05, 0.1) is 0 Å². The second-order valence-corrected chi connectivity index (χ2v) is 6.61. The molecule has 0 saturated heterocycles. The Balaban J connectivity index is 2.67. The number of carboxylic acids is 1. The summed E-state index contributed by atoms with van der Waals surface area (Å²) in [7, 11) is 0. The van der Waals surface area contributed by atoms with Crippen LogP contribution in [-0.4, -0.2) is 16.1 Å². The van der Waals surface area contributed by atoms with Gasteiger partial charge in [-0.2, -0.15) is 0 Å². The molecule has 0 fully saturated rings. The van der Waals surface area contributed by atoms with Crippen LogP contribution >= 0.6 is 0 Å². The molecule has 0 radical (unpaired) electrons. The van der Waals surface area contributed by atoms with Crippen LogP contribution in [0.4, 0.5) is 0 Å². The molecule has 0 unspecified atom stereocenters. The van der Waals surface area contributed by atoms with E-state index in [1.807, 2.05) is 0 Å². The monoisotopic (exact) mass is 249 g/mol. The zero-order valence-electron chi connectivity index (χ0n) is 11.3. The van der Waals surface area contributed by atoms with Crippen molar-refractivity contribution >= 4 is 5.97 Å². The Hall–Kier alpha value is -1.58. The number of rotatable bonds is 1. The van der Waals surface area contributed by atoms with Gasteiger partial charge in [0.2, 0.25) is 0 Å². The Morgan fingerprint density at radius 1 is 1.33 bits per heavy atom.